The van der Waals surface area contributed by atoms with E-state index in [4.69, 9.17) is 5.73 Å². The van der Waals surface area contributed by atoms with Crippen LogP contribution in [0.2, 0.25) is 0 Å². The standard InChI is InChI=1S/C11H18N4/c1-8-3-4-15(6-10(8)12)11-5-9(2)13-7-14-11/h5,7-8,10H,3-4,6,12H2,1-2H3. The first-order valence-electron chi connectivity index (χ1n) is 5.46. The summed E-state index contributed by atoms with van der Waals surface area (Å²) in [6.45, 7) is 6.15. The van der Waals surface area contributed by atoms with Crippen LogP contribution >= 0.6 is 0 Å². The van der Waals surface area contributed by atoms with Crippen molar-refractivity contribution in [2.45, 2.75) is 26.3 Å². The molecular weight excluding hydrogens is 188 g/mol. The molecular formula is C11H18N4. The molecule has 0 saturated carbocycles. The molecule has 0 amide bonds. The van der Waals surface area contributed by atoms with Crippen LogP contribution in [0.1, 0.15) is 19.0 Å². The van der Waals surface area contributed by atoms with E-state index in [1.54, 1.807) is 6.33 Å². The molecule has 0 spiro atoms. The van der Waals surface area contributed by atoms with Crippen LogP contribution in [0.15, 0.2) is 12.4 Å². The number of anilines is 1. The van der Waals surface area contributed by atoms with Crippen LogP contribution in [-0.4, -0.2) is 29.1 Å². The second kappa shape index (κ2) is 4.14. The number of nitrogens with two attached hydrogens (primary N) is 1. The molecule has 82 valence electrons. The maximum Gasteiger partial charge on any atom is 0.132 e. The fourth-order valence-corrected chi connectivity index (χ4v) is 1.92. The van der Waals surface area contributed by atoms with Crippen molar-refractivity contribution in [2.24, 2.45) is 11.7 Å². The highest BCUT2D eigenvalue weighted by Crippen LogP contribution is 2.20. The molecule has 0 aliphatic carbocycles. The van der Waals surface area contributed by atoms with E-state index < -0.39 is 0 Å². The van der Waals surface area contributed by atoms with E-state index in [2.05, 4.69) is 21.8 Å². The summed E-state index contributed by atoms with van der Waals surface area (Å²) in [6, 6.07) is 2.27. The first-order valence-corrected chi connectivity index (χ1v) is 5.46. The van der Waals surface area contributed by atoms with E-state index in [0.717, 1.165) is 31.0 Å². The van der Waals surface area contributed by atoms with Crippen LogP contribution in [0.5, 0.6) is 0 Å². The average Bonchev–Trinajstić information content (AvgIpc) is 2.22. The van der Waals surface area contributed by atoms with Gasteiger partial charge in [0.2, 0.25) is 0 Å². The second-order valence-corrected chi connectivity index (χ2v) is 4.39. The van der Waals surface area contributed by atoms with Crippen molar-refractivity contribution < 1.29 is 0 Å². The van der Waals surface area contributed by atoms with Crippen molar-refractivity contribution in [2.75, 3.05) is 18.0 Å². The lowest BCUT2D eigenvalue weighted by molar-refractivity contribution is 0.378. The molecule has 2 unspecified atom stereocenters. The molecule has 0 bridgehead atoms. The third-order valence-corrected chi connectivity index (χ3v) is 3.13. The van der Waals surface area contributed by atoms with E-state index in [1.807, 2.05) is 13.0 Å². The predicted molar refractivity (Wildman–Crippen MR) is 60.7 cm³/mol. The summed E-state index contributed by atoms with van der Waals surface area (Å²) < 4.78 is 0. The minimum Gasteiger partial charge on any atom is -0.355 e. The average molecular weight is 206 g/mol. The Bertz CT molecular complexity index is 339. The van der Waals surface area contributed by atoms with E-state index in [0.29, 0.717) is 5.92 Å². The van der Waals surface area contributed by atoms with Crippen molar-refractivity contribution in [3.8, 4) is 0 Å². The zero-order valence-corrected chi connectivity index (χ0v) is 9.35. The van der Waals surface area contributed by atoms with Crippen LogP contribution in [0, 0.1) is 12.8 Å². The maximum absolute atomic E-state index is 6.06. The molecule has 1 aromatic heterocycles. The number of aryl methyl sites for hydroxylation is 1. The number of piperidine rings is 1. The maximum atomic E-state index is 6.06. The van der Waals surface area contributed by atoms with Crippen molar-refractivity contribution in [1.82, 2.24) is 9.97 Å². The third kappa shape index (κ3) is 2.26. The lowest BCUT2D eigenvalue weighted by atomic mass is 9.94. The number of rotatable bonds is 1. The van der Waals surface area contributed by atoms with Gasteiger partial charge in [-0.2, -0.15) is 0 Å². The Hall–Kier alpha value is -1.16. The zero-order valence-electron chi connectivity index (χ0n) is 9.35. The molecule has 4 nitrogen and oxygen atoms in total. The van der Waals surface area contributed by atoms with Crippen molar-refractivity contribution >= 4 is 5.82 Å². The quantitative estimate of drug-likeness (QED) is 0.743. The molecule has 1 aliphatic rings. The van der Waals surface area contributed by atoms with Crippen LogP contribution in [0.25, 0.3) is 0 Å². The Balaban J connectivity index is 2.12. The van der Waals surface area contributed by atoms with Gasteiger partial charge in [-0.05, 0) is 19.3 Å². The number of hydrogen-bond acceptors (Lipinski definition) is 4. The van der Waals surface area contributed by atoms with Crippen LogP contribution < -0.4 is 10.6 Å². The highest BCUT2D eigenvalue weighted by molar-refractivity contribution is 5.39. The van der Waals surface area contributed by atoms with Gasteiger partial charge in [-0.3, -0.25) is 0 Å². The van der Waals surface area contributed by atoms with E-state index in [9.17, 15) is 0 Å². The van der Waals surface area contributed by atoms with Gasteiger partial charge in [0.25, 0.3) is 0 Å². The number of nitrogens with zero attached hydrogens (tertiary/aromatic N) is 3. The smallest absolute Gasteiger partial charge is 0.132 e. The number of aromatic nitrogens is 2. The molecule has 2 rings (SSSR count). The van der Waals surface area contributed by atoms with Crippen LogP contribution in [0.4, 0.5) is 5.82 Å². The van der Waals surface area contributed by atoms with Gasteiger partial charge in [-0.25, -0.2) is 9.97 Å². The summed E-state index contributed by atoms with van der Waals surface area (Å²) in [7, 11) is 0. The molecule has 2 heterocycles. The SMILES string of the molecule is Cc1cc(N2CCC(C)C(N)C2)ncn1. The van der Waals surface area contributed by atoms with Gasteiger partial charge >= 0.3 is 0 Å². The number of hydrogen-bond donors (Lipinski definition) is 1. The Kier molecular flexibility index (Phi) is 2.86. The van der Waals surface area contributed by atoms with Crippen molar-refractivity contribution in [3.63, 3.8) is 0 Å². The fraction of sp³-hybridized carbons (Fsp3) is 0.636. The highest BCUT2D eigenvalue weighted by Gasteiger charge is 2.23. The minimum absolute atomic E-state index is 0.258. The summed E-state index contributed by atoms with van der Waals surface area (Å²) in [5, 5.41) is 0. The zero-order chi connectivity index (χ0) is 10.8. The predicted octanol–water partition coefficient (Wildman–Crippen LogP) is 0.959. The summed E-state index contributed by atoms with van der Waals surface area (Å²) >= 11 is 0. The molecule has 1 aliphatic heterocycles. The Morgan fingerprint density at radius 3 is 2.93 bits per heavy atom. The molecule has 2 atom stereocenters. The van der Waals surface area contributed by atoms with Crippen molar-refractivity contribution in [1.29, 1.82) is 0 Å². The van der Waals surface area contributed by atoms with Gasteiger partial charge in [0.1, 0.15) is 12.1 Å². The monoisotopic (exact) mass is 206 g/mol. The first kappa shape index (κ1) is 10.4. The van der Waals surface area contributed by atoms with Crippen LogP contribution in [-0.2, 0) is 0 Å². The van der Waals surface area contributed by atoms with Gasteiger partial charge < -0.3 is 10.6 Å². The van der Waals surface area contributed by atoms with Gasteiger partial charge in [0.05, 0.1) is 0 Å². The molecule has 15 heavy (non-hydrogen) atoms. The molecule has 1 saturated heterocycles. The van der Waals surface area contributed by atoms with E-state index in [1.165, 1.54) is 0 Å². The first-order chi connectivity index (χ1) is 7.16. The molecule has 2 N–H and O–H groups in total. The lowest BCUT2D eigenvalue weighted by Gasteiger charge is -2.35. The Morgan fingerprint density at radius 2 is 2.27 bits per heavy atom. The van der Waals surface area contributed by atoms with E-state index in [-0.39, 0.29) is 6.04 Å². The lowest BCUT2D eigenvalue weighted by Crippen LogP contribution is -2.47. The second-order valence-electron chi connectivity index (χ2n) is 4.39. The van der Waals surface area contributed by atoms with Gasteiger partial charge in [0.15, 0.2) is 0 Å². The van der Waals surface area contributed by atoms with E-state index >= 15 is 0 Å². The summed E-state index contributed by atoms with van der Waals surface area (Å²) in [5.41, 5.74) is 7.07. The molecule has 1 aromatic rings. The molecule has 0 aromatic carbocycles. The molecule has 4 heteroatoms. The molecule has 0 radical (unpaired) electrons. The largest absolute Gasteiger partial charge is 0.355 e. The summed E-state index contributed by atoms with van der Waals surface area (Å²) in [4.78, 5) is 10.6. The Morgan fingerprint density at radius 1 is 1.47 bits per heavy atom. The summed E-state index contributed by atoms with van der Waals surface area (Å²) in [6.07, 6.45) is 2.76. The summed E-state index contributed by atoms with van der Waals surface area (Å²) in [5.74, 6) is 1.62. The normalized spacial score (nSPS) is 26.7. The topological polar surface area (TPSA) is 55.0 Å². The minimum atomic E-state index is 0.258. The van der Waals surface area contributed by atoms with Gasteiger partial charge in [0, 0.05) is 30.9 Å². The highest BCUT2D eigenvalue weighted by atomic mass is 15.2. The van der Waals surface area contributed by atoms with Gasteiger partial charge in [-0.1, -0.05) is 6.92 Å². The fourth-order valence-electron chi connectivity index (χ4n) is 1.92. The van der Waals surface area contributed by atoms with Crippen LogP contribution in [0.3, 0.4) is 0 Å². The molecule has 1 fully saturated rings. The third-order valence-electron chi connectivity index (χ3n) is 3.13. The van der Waals surface area contributed by atoms with Crippen molar-refractivity contribution in [3.05, 3.63) is 18.1 Å². The van der Waals surface area contributed by atoms with Gasteiger partial charge in [-0.15, -0.1) is 0 Å². The Labute approximate surface area is 90.5 Å².